The number of carbonyl (C=O) groups excluding carboxylic acids is 1. The highest BCUT2D eigenvalue weighted by molar-refractivity contribution is 5.85. The number of anilines is 1. The van der Waals surface area contributed by atoms with Crippen LogP contribution in [0.3, 0.4) is 0 Å². The Kier molecular flexibility index (Phi) is 7.02. The fourth-order valence-electron chi connectivity index (χ4n) is 4.35. The van der Waals surface area contributed by atoms with Crippen LogP contribution in [-0.4, -0.2) is 62.6 Å². The largest absolute Gasteiger partial charge is 0.480 e. The average Bonchev–Trinajstić information content (AvgIpc) is 3.29. The minimum absolute atomic E-state index is 0.114. The summed E-state index contributed by atoms with van der Waals surface area (Å²) in [5.41, 5.74) is 2.84. The van der Waals surface area contributed by atoms with Crippen LogP contribution in [0.25, 0.3) is 0 Å². The second-order valence-electron chi connectivity index (χ2n) is 8.50. The van der Waals surface area contributed by atoms with Gasteiger partial charge in [-0.3, -0.25) is 9.78 Å². The molecule has 4 rings (SSSR count). The van der Waals surface area contributed by atoms with Gasteiger partial charge in [0.15, 0.2) is 0 Å². The predicted molar refractivity (Wildman–Crippen MR) is 125 cm³/mol. The van der Waals surface area contributed by atoms with Crippen LogP contribution in [0, 0.1) is 5.92 Å². The number of hydrogen-bond acceptors (Lipinski definition) is 5. The third-order valence-electron chi connectivity index (χ3n) is 6.25. The van der Waals surface area contributed by atoms with Crippen LogP contribution >= 0.6 is 0 Å². The summed E-state index contributed by atoms with van der Waals surface area (Å²) < 4.78 is 1.93. The number of carboxylic acid groups (broad SMARTS) is 1. The molecule has 1 aromatic carbocycles. The molecule has 33 heavy (non-hydrogen) atoms. The first-order chi connectivity index (χ1) is 16.0. The maximum atomic E-state index is 13.1. The Morgan fingerprint density at radius 1 is 1.15 bits per heavy atom. The van der Waals surface area contributed by atoms with Gasteiger partial charge in [0, 0.05) is 51.4 Å². The molecule has 1 fully saturated rings. The lowest BCUT2D eigenvalue weighted by molar-refractivity contribution is -0.151. The molecule has 1 amide bonds. The molecule has 1 saturated heterocycles. The number of amides is 1. The number of imidazole rings is 1. The van der Waals surface area contributed by atoms with Crippen LogP contribution in [-0.2, 0) is 22.6 Å². The van der Waals surface area contributed by atoms with Crippen LogP contribution in [0.2, 0.25) is 0 Å². The Balaban J connectivity index is 1.36. The second kappa shape index (κ2) is 10.3. The van der Waals surface area contributed by atoms with Crippen molar-refractivity contribution >= 4 is 17.6 Å². The Hall–Kier alpha value is -3.68. The number of pyridine rings is 1. The Bertz CT molecular complexity index is 1060. The van der Waals surface area contributed by atoms with E-state index in [0.29, 0.717) is 25.1 Å². The number of aliphatic carboxylic acids is 1. The molecule has 0 radical (unpaired) electrons. The molecule has 172 valence electrons. The molecule has 0 spiro atoms. The summed E-state index contributed by atoms with van der Waals surface area (Å²) >= 11 is 0. The van der Waals surface area contributed by atoms with E-state index < -0.39 is 12.0 Å². The zero-order chi connectivity index (χ0) is 23.2. The molecule has 8 nitrogen and oxygen atoms in total. The van der Waals surface area contributed by atoms with E-state index in [4.69, 9.17) is 0 Å². The fraction of sp³-hybridized carbons (Fsp3) is 0.360. The first-order valence-electron chi connectivity index (χ1n) is 11.2. The summed E-state index contributed by atoms with van der Waals surface area (Å²) in [4.78, 5) is 37.3. The molecular weight excluding hydrogens is 418 g/mol. The zero-order valence-electron chi connectivity index (χ0n) is 18.7. The average molecular weight is 448 g/mol. The summed E-state index contributed by atoms with van der Waals surface area (Å²) in [6.07, 6.45) is 8.68. The highest BCUT2D eigenvalue weighted by Crippen LogP contribution is 2.24. The lowest BCUT2D eigenvalue weighted by Gasteiger charge is -2.35. The minimum Gasteiger partial charge on any atom is -0.480 e. The molecule has 1 aliphatic rings. The van der Waals surface area contributed by atoms with Gasteiger partial charge in [0.25, 0.3) is 0 Å². The molecule has 1 N–H and O–H groups in total. The third-order valence-corrected chi connectivity index (χ3v) is 6.25. The summed E-state index contributed by atoms with van der Waals surface area (Å²) in [7, 11) is 1.59. The van der Waals surface area contributed by atoms with Crippen molar-refractivity contribution in [2.45, 2.75) is 31.8 Å². The standard InChI is InChI=1S/C25H29N5O3/c1-28(24(31)20-9-12-30(13-10-20)22-8-5-11-26-15-22)23(25(32)33)14-21-17-29(18-27-21)16-19-6-3-2-4-7-19/h2-8,11,15,17-18,20,23H,9-10,12-14,16H2,1H3,(H,32,33)/t23-/m0/s1. The molecule has 8 heteroatoms. The molecule has 1 atom stereocenters. The van der Waals surface area contributed by atoms with E-state index in [9.17, 15) is 14.7 Å². The van der Waals surface area contributed by atoms with Gasteiger partial charge in [0.05, 0.1) is 23.9 Å². The van der Waals surface area contributed by atoms with Crippen LogP contribution < -0.4 is 4.90 Å². The first-order valence-corrected chi connectivity index (χ1v) is 11.2. The summed E-state index contributed by atoms with van der Waals surface area (Å²) in [6, 6.07) is 13.0. The van der Waals surface area contributed by atoms with Gasteiger partial charge < -0.3 is 19.5 Å². The van der Waals surface area contributed by atoms with Gasteiger partial charge in [-0.15, -0.1) is 0 Å². The van der Waals surface area contributed by atoms with Gasteiger partial charge in [0.1, 0.15) is 6.04 Å². The molecule has 1 aliphatic heterocycles. The minimum atomic E-state index is -1.02. The summed E-state index contributed by atoms with van der Waals surface area (Å²) in [6.45, 7) is 2.16. The van der Waals surface area contributed by atoms with Crippen LogP contribution in [0.15, 0.2) is 67.4 Å². The van der Waals surface area contributed by atoms with Crippen LogP contribution in [0.1, 0.15) is 24.1 Å². The number of aromatic nitrogens is 3. The highest BCUT2D eigenvalue weighted by atomic mass is 16.4. The van der Waals surface area contributed by atoms with E-state index in [2.05, 4.69) is 14.9 Å². The predicted octanol–water partition coefficient (Wildman–Crippen LogP) is 2.70. The second-order valence-corrected chi connectivity index (χ2v) is 8.50. The van der Waals surface area contributed by atoms with Gasteiger partial charge in [-0.2, -0.15) is 0 Å². The van der Waals surface area contributed by atoms with Crippen molar-refractivity contribution in [3.05, 3.63) is 78.6 Å². The van der Waals surface area contributed by atoms with Gasteiger partial charge in [-0.1, -0.05) is 30.3 Å². The van der Waals surface area contributed by atoms with Crippen molar-refractivity contribution in [2.24, 2.45) is 5.92 Å². The number of likely N-dealkylation sites (N-methyl/N-ethyl adjacent to an activating group) is 1. The molecule has 0 aliphatic carbocycles. The van der Waals surface area contributed by atoms with E-state index in [0.717, 1.165) is 24.3 Å². The van der Waals surface area contributed by atoms with E-state index in [1.807, 2.05) is 59.4 Å². The topological polar surface area (TPSA) is 91.6 Å². The van der Waals surface area contributed by atoms with Crippen molar-refractivity contribution < 1.29 is 14.7 Å². The molecule has 0 bridgehead atoms. The number of carbonyl (C=O) groups is 2. The Labute approximate surface area is 193 Å². The van der Waals surface area contributed by atoms with Gasteiger partial charge >= 0.3 is 5.97 Å². The maximum Gasteiger partial charge on any atom is 0.326 e. The van der Waals surface area contributed by atoms with Gasteiger partial charge in [-0.25, -0.2) is 9.78 Å². The number of carboxylic acids is 1. The van der Waals surface area contributed by atoms with Crippen LogP contribution in [0.4, 0.5) is 5.69 Å². The Morgan fingerprint density at radius 2 is 1.91 bits per heavy atom. The van der Waals surface area contributed by atoms with Crippen LogP contribution in [0.5, 0.6) is 0 Å². The SMILES string of the molecule is CN(C(=O)C1CCN(c2cccnc2)CC1)[C@@H](Cc1cn(Cc2ccccc2)cn1)C(=O)O. The van der Waals surface area contributed by atoms with E-state index in [1.54, 1.807) is 19.6 Å². The number of piperidine rings is 1. The van der Waals surface area contributed by atoms with Crippen molar-refractivity contribution in [1.82, 2.24) is 19.4 Å². The van der Waals surface area contributed by atoms with Crippen molar-refractivity contribution in [3.8, 4) is 0 Å². The normalized spacial score (nSPS) is 15.2. The molecule has 3 aromatic rings. The highest BCUT2D eigenvalue weighted by Gasteiger charge is 2.33. The summed E-state index contributed by atoms with van der Waals surface area (Å²) in [5.74, 6) is -1.31. The van der Waals surface area contributed by atoms with Crippen molar-refractivity contribution in [2.75, 3.05) is 25.0 Å². The summed E-state index contributed by atoms with van der Waals surface area (Å²) in [5, 5.41) is 9.84. The Morgan fingerprint density at radius 3 is 2.58 bits per heavy atom. The van der Waals surface area contributed by atoms with Crippen molar-refractivity contribution in [3.63, 3.8) is 0 Å². The first kappa shape index (κ1) is 22.5. The quantitative estimate of drug-likeness (QED) is 0.571. The van der Waals surface area contributed by atoms with Gasteiger partial charge in [-0.05, 0) is 30.5 Å². The van der Waals surface area contributed by atoms with E-state index >= 15 is 0 Å². The smallest absolute Gasteiger partial charge is 0.326 e. The molecule has 2 aromatic heterocycles. The number of hydrogen-bond donors (Lipinski definition) is 1. The molecule has 3 heterocycles. The fourth-order valence-corrected chi connectivity index (χ4v) is 4.35. The number of benzene rings is 1. The molecule has 0 unspecified atom stereocenters. The third kappa shape index (κ3) is 5.58. The number of nitrogens with zero attached hydrogens (tertiary/aromatic N) is 5. The van der Waals surface area contributed by atoms with E-state index in [1.165, 1.54) is 4.90 Å². The lowest BCUT2D eigenvalue weighted by atomic mass is 9.94. The molecule has 0 saturated carbocycles. The molecular formula is C25H29N5O3. The lowest BCUT2D eigenvalue weighted by Crippen LogP contribution is -2.48. The maximum absolute atomic E-state index is 13.1. The van der Waals surface area contributed by atoms with Gasteiger partial charge in [0.2, 0.25) is 5.91 Å². The van der Waals surface area contributed by atoms with E-state index in [-0.39, 0.29) is 18.2 Å². The zero-order valence-corrected chi connectivity index (χ0v) is 18.7. The monoisotopic (exact) mass is 447 g/mol. The number of rotatable bonds is 8. The van der Waals surface area contributed by atoms with Crippen molar-refractivity contribution in [1.29, 1.82) is 0 Å².